The maximum absolute atomic E-state index is 11.9. The zero-order valence-corrected chi connectivity index (χ0v) is 12.6. The van der Waals surface area contributed by atoms with E-state index in [0.717, 1.165) is 5.56 Å². The van der Waals surface area contributed by atoms with Crippen LogP contribution in [0.4, 0.5) is 0 Å². The third-order valence-corrected chi connectivity index (χ3v) is 4.17. The first-order valence-corrected chi connectivity index (χ1v) is 7.69. The minimum absolute atomic E-state index is 0.178. The lowest BCUT2D eigenvalue weighted by atomic mass is 10.1. The van der Waals surface area contributed by atoms with Crippen LogP contribution in [-0.2, 0) is 16.8 Å². The molecule has 0 aliphatic carbocycles. The Kier molecular flexibility index (Phi) is 5.67. The van der Waals surface area contributed by atoms with Gasteiger partial charge >= 0.3 is 5.97 Å². The van der Waals surface area contributed by atoms with Gasteiger partial charge in [-0.05, 0) is 23.6 Å². The van der Waals surface area contributed by atoms with E-state index < -0.39 is 16.2 Å². The fourth-order valence-corrected chi connectivity index (χ4v) is 2.56. The average Bonchev–Trinajstić information content (AvgIpc) is 2.37. The number of nitrogens with zero attached hydrogens (tertiary/aromatic N) is 1. The maximum Gasteiger partial charge on any atom is 0.335 e. The summed E-state index contributed by atoms with van der Waals surface area (Å²) in [5.41, 5.74) is 0.907. The van der Waals surface area contributed by atoms with Crippen LogP contribution in [0.5, 0.6) is 0 Å². The van der Waals surface area contributed by atoms with Gasteiger partial charge in [-0.15, -0.1) is 0 Å². The highest BCUT2D eigenvalue weighted by Crippen LogP contribution is 2.09. The van der Waals surface area contributed by atoms with Crippen LogP contribution < -0.4 is 4.72 Å². The van der Waals surface area contributed by atoms with E-state index in [1.807, 2.05) is 13.8 Å². The molecule has 0 saturated carbocycles. The van der Waals surface area contributed by atoms with Gasteiger partial charge in [0.2, 0.25) is 0 Å². The van der Waals surface area contributed by atoms with E-state index in [1.165, 1.54) is 23.5 Å². The number of carboxylic acids is 1. The van der Waals surface area contributed by atoms with E-state index in [0.29, 0.717) is 6.54 Å². The number of carboxylic acid groups (broad SMARTS) is 1. The zero-order chi connectivity index (χ0) is 15.3. The van der Waals surface area contributed by atoms with Crippen molar-refractivity contribution in [2.24, 2.45) is 5.92 Å². The first-order valence-electron chi connectivity index (χ1n) is 6.25. The molecule has 0 aliphatic heterocycles. The second-order valence-corrected chi connectivity index (χ2v) is 6.87. The van der Waals surface area contributed by atoms with Gasteiger partial charge in [-0.2, -0.15) is 12.7 Å². The van der Waals surface area contributed by atoms with Crippen molar-refractivity contribution in [3.8, 4) is 0 Å². The molecule has 0 aliphatic rings. The molecule has 0 fully saturated rings. The second-order valence-electron chi connectivity index (χ2n) is 5.01. The number of nitrogens with one attached hydrogen (secondary N) is 1. The number of hydrogen-bond acceptors (Lipinski definition) is 3. The molecule has 0 bridgehead atoms. The molecule has 0 radical (unpaired) electrons. The summed E-state index contributed by atoms with van der Waals surface area (Å²) in [5, 5.41) is 8.79. The van der Waals surface area contributed by atoms with E-state index in [4.69, 9.17) is 5.11 Å². The van der Waals surface area contributed by atoms with Crippen LogP contribution in [0.15, 0.2) is 24.3 Å². The molecule has 112 valence electrons. The normalized spacial score (nSPS) is 12.1. The predicted molar refractivity (Wildman–Crippen MR) is 76.6 cm³/mol. The van der Waals surface area contributed by atoms with E-state index in [9.17, 15) is 13.2 Å². The first-order chi connectivity index (χ1) is 9.22. The summed E-state index contributed by atoms with van der Waals surface area (Å²) in [5.74, 6) is -0.774. The highest BCUT2D eigenvalue weighted by Gasteiger charge is 2.17. The number of benzene rings is 1. The number of carbonyl (C=O) groups is 1. The lowest BCUT2D eigenvalue weighted by Gasteiger charge is -2.18. The van der Waals surface area contributed by atoms with Gasteiger partial charge in [-0.1, -0.05) is 26.0 Å². The fourth-order valence-electron chi connectivity index (χ4n) is 1.48. The summed E-state index contributed by atoms with van der Waals surface area (Å²) in [6, 6.07) is 6.13. The minimum atomic E-state index is -3.51. The molecular weight excluding hydrogens is 280 g/mol. The van der Waals surface area contributed by atoms with E-state index in [-0.39, 0.29) is 18.0 Å². The molecule has 6 nitrogen and oxygen atoms in total. The molecule has 0 atom stereocenters. The molecule has 1 aromatic rings. The summed E-state index contributed by atoms with van der Waals surface area (Å²) >= 11 is 0. The third kappa shape index (κ3) is 4.92. The van der Waals surface area contributed by atoms with Gasteiger partial charge in [0.05, 0.1) is 5.56 Å². The van der Waals surface area contributed by atoms with Crippen molar-refractivity contribution >= 4 is 16.2 Å². The predicted octanol–water partition coefficient (Wildman–Crippen LogP) is 1.31. The zero-order valence-electron chi connectivity index (χ0n) is 11.8. The van der Waals surface area contributed by atoms with Gasteiger partial charge in [0.15, 0.2) is 0 Å². The van der Waals surface area contributed by atoms with E-state index >= 15 is 0 Å². The molecule has 7 heteroatoms. The minimum Gasteiger partial charge on any atom is -0.478 e. The monoisotopic (exact) mass is 300 g/mol. The Bertz CT molecular complexity index is 552. The highest BCUT2D eigenvalue weighted by molar-refractivity contribution is 7.87. The Morgan fingerprint density at radius 2 is 1.85 bits per heavy atom. The van der Waals surface area contributed by atoms with E-state index in [1.54, 1.807) is 12.1 Å². The van der Waals surface area contributed by atoms with Gasteiger partial charge in [0.1, 0.15) is 0 Å². The molecule has 0 unspecified atom stereocenters. The molecule has 0 saturated heterocycles. The van der Waals surface area contributed by atoms with Crippen molar-refractivity contribution < 1.29 is 18.3 Å². The van der Waals surface area contributed by atoms with Crippen LogP contribution in [0, 0.1) is 5.92 Å². The SMILES string of the molecule is CC(C)CNS(=O)(=O)N(C)Cc1ccc(C(=O)O)cc1. The van der Waals surface area contributed by atoms with Gasteiger partial charge in [-0.25, -0.2) is 9.52 Å². The Balaban J connectivity index is 2.69. The summed E-state index contributed by atoms with van der Waals surface area (Å²) < 4.78 is 27.6. The molecule has 0 aromatic heterocycles. The third-order valence-electron chi connectivity index (χ3n) is 2.69. The molecule has 1 aromatic carbocycles. The van der Waals surface area contributed by atoms with Gasteiger partial charge in [0, 0.05) is 20.1 Å². The van der Waals surface area contributed by atoms with Crippen molar-refractivity contribution in [2.75, 3.05) is 13.6 Å². The first kappa shape index (κ1) is 16.6. The van der Waals surface area contributed by atoms with Crippen LogP contribution >= 0.6 is 0 Å². The number of rotatable bonds is 7. The van der Waals surface area contributed by atoms with Gasteiger partial charge in [0.25, 0.3) is 10.2 Å². The maximum atomic E-state index is 11.9. The van der Waals surface area contributed by atoms with Crippen molar-refractivity contribution in [1.29, 1.82) is 0 Å². The fraction of sp³-hybridized carbons (Fsp3) is 0.462. The molecule has 1 rings (SSSR count). The van der Waals surface area contributed by atoms with Crippen LogP contribution in [0.25, 0.3) is 0 Å². The average molecular weight is 300 g/mol. The molecule has 0 spiro atoms. The Morgan fingerprint density at radius 3 is 2.30 bits per heavy atom. The molecular formula is C13H20N2O4S. The Morgan fingerprint density at radius 1 is 1.30 bits per heavy atom. The van der Waals surface area contributed by atoms with Gasteiger partial charge in [-0.3, -0.25) is 0 Å². The topological polar surface area (TPSA) is 86.7 Å². The van der Waals surface area contributed by atoms with E-state index in [2.05, 4.69) is 4.72 Å². The number of aromatic carboxylic acids is 1. The van der Waals surface area contributed by atoms with Crippen molar-refractivity contribution in [3.63, 3.8) is 0 Å². The number of hydrogen-bond donors (Lipinski definition) is 2. The summed E-state index contributed by atoms with van der Waals surface area (Å²) in [6.45, 7) is 4.41. The molecule has 0 heterocycles. The summed E-state index contributed by atoms with van der Waals surface area (Å²) in [4.78, 5) is 10.7. The molecule has 0 amide bonds. The lowest BCUT2D eigenvalue weighted by molar-refractivity contribution is 0.0697. The summed E-state index contributed by atoms with van der Waals surface area (Å²) in [7, 11) is -2.03. The van der Waals surface area contributed by atoms with Crippen LogP contribution in [0.1, 0.15) is 29.8 Å². The smallest absolute Gasteiger partial charge is 0.335 e. The van der Waals surface area contributed by atoms with Crippen LogP contribution in [0.2, 0.25) is 0 Å². The van der Waals surface area contributed by atoms with Crippen LogP contribution in [0.3, 0.4) is 0 Å². The largest absolute Gasteiger partial charge is 0.478 e. The van der Waals surface area contributed by atoms with Gasteiger partial charge < -0.3 is 5.11 Å². The van der Waals surface area contributed by atoms with Crippen LogP contribution in [-0.4, -0.2) is 37.4 Å². The second kappa shape index (κ2) is 6.83. The molecule has 20 heavy (non-hydrogen) atoms. The van der Waals surface area contributed by atoms with Crippen molar-refractivity contribution in [2.45, 2.75) is 20.4 Å². The quantitative estimate of drug-likeness (QED) is 0.795. The standard InChI is InChI=1S/C13H20N2O4S/c1-10(2)8-14-20(18,19)15(3)9-11-4-6-12(7-5-11)13(16)17/h4-7,10,14H,8-9H2,1-3H3,(H,16,17). The Labute approximate surface area is 119 Å². The van der Waals surface area contributed by atoms with Crippen molar-refractivity contribution in [1.82, 2.24) is 9.03 Å². The highest BCUT2D eigenvalue weighted by atomic mass is 32.2. The lowest BCUT2D eigenvalue weighted by Crippen LogP contribution is -2.39. The Hall–Kier alpha value is -1.44. The molecule has 2 N–H and O–H groups in total. The summed E-state index contributed by atoms with van der Waals surface area (Å²) in [6.07, 6.45) is 0. The van der Waals surface area contributed by atoms with Crippen molar-refractivity contribution in [3.05, 3.63) is 35.4 Å².